The number of rotatable bonds is 10. The predicted molar refractivity (Wildman–Crippen MR) is 143 cm³/mol. The summed E-state index contributed by atoms with van der Waals surface area (Å²) in [6, 6.07) is 15.5. The molecule has 3 aromatic rings. The van der Waals surface area contributed by atoms with E-state index in [1.165, 1.54) is 5.56 Å². The summed E-state index contributed by atoms with van der Waals surface area (Å²) >= 11 is 1.62. The summed E-state index contributed by atoms with van der Waals surface area (Å²) in [6.45, 7) is 10.2. The lowest BCUT2D eigenvalue weighted by atomic mass is 9.95. The van der Waals surface area contributed by atoms with Crippen molar-refractivity contribution >= 4 is 23.7 Å². The highest BCUT2D eigenvalue weighted by Crippen LogP contribution is 2.40. The Bertz CT molecular complexity index is 1230. The molecule has 8 heteroatoms. The molecule has 1 aliphatic heterocycles. The van der Waals surface area contributed by atoms with Crippen molar-refractivity contribution in [3.63, 3.8) is 0 Å². The van der Waals surface area contributed by atoms with Gasteiger partial charge in [0.05, 0.1) is 11.7 Å². The zero-order valence-corrected chi connectivity index (χ0v) is 22.4. The van der Waals surface area contributed by atoms with E-state index in [0.717, 1.165) is 29.7 Å². The van der Waals surface area contributed by atoms with Gasteiger partial charge in [0.25, 0.3) is 0 Å². The van der Waals surface area contributed by atoms with Gasteiger partial charge in [-0.3, -0.25) is 0 Å². The number of nitrogens with one attached hydrogen (secondary N) is 1. The van der Waals surface area contributed by atoms with Gasteiger partial charge in [-0.05, 0) is 45.7 Å². The van der Waals surface area contributed by atoms with Crippen LogP contribution in [0.3, 0.4) is 0 Å². The molecule has 1 unspecified atom stereocenters. The van der Waals surface area contributed by atoms with Crippen molar-refractivity contribution in [2.45, 2.75) is 71.4 Å². The number of carbonyl (C=O) groups is 1. The molecule has 0 amide bonds. The topological polar surface area (TPSA) is 78.3 Å². The predicted octanol–water partition coefficient (Wildman–Crippen LogP) is 6.30. The van der Waals surface area contributed by atoms with Crippen molar-refractivity contribution in [2.75, 3.05) is 11.1 Å². The first-order valence-corrected chi connectivity index (χ1v) is 13.4. The van der Waals surface area contributed by atoms with Gasteiger partial charge in [0.15, 0.2) is 0 Å². The van der Waals surface area contributed by atoms with Crippen LogP contribution < -0.4 is 10.1 Å². The number of allylic oxidation sites excluding steroid dienone is 1. The van der Waals surface area contributed by atoms with E-state index in [1.54, 1.807) is 16.4 Å². The second kappa shape index (κ2) is 11.6. The second-order valence-corrected chi connectivity index (χ2v) is 10.3. The first-order chi connectivity index (χ1) is 17.4. The summed E-state index contributed by atoms with van der Waals surface area (Å²) in [5.74, 6) is 1.85. The van der Waals surface area contributed by atoms with E-state index < -0.39 is 6.04 Å². The molecule has 0 spiro atoms. The molecule has 1 aliphatic rings. The molecular formula is C28H34N4O3S. The summed E-state index contributed by atoms with van der Waals surface area (Å²) in [6.07, 6.45) is 1.95. The van der Waals surface area contributed by atoms with Crippen molar-refractivity contribution in [3.8, 4) is 5.75 Å². The quantitative estimate of drug-likeness (QED) is 0.196. The molecule has 2 heterocycles. The number of aryl methyl sites for hydroxylation is 1. The van der Waals surface area contributed by atoms with E-state index >= 15 is 0 Å². The van der Waals surface area contributed by atoms with Crippen LogP contribution in [-0.2, 0) is 16.1 Å². The van der Waals surface area contributed by atoms with Crippen LogP contribution in [0.5, 0.6) is 5.75 Å². The Morgan fingerprint density at radius 2 is 1.89 bits per heavy atom. The number of thioether (sulfide) groups is 1. The van der Waals surface area contributed by atoms with E-state index in [2.05, 4.69) is 43.4 Å². The number of ether oxygens (including phenoxy) is 2. The number of carbonyl (C=O) groups excluding carboxylic acids is 1. The highest BCUT2D eigenvalue weighted by atomic mass is 32.2. The van der Waals surface area contributed by atoms with Crippen LogP contribution in [0, 0.1) is 6.92 Å². The second-order valence-electron chi connectivity index (χ2n) is 9.20. The maximum absolute atomic E-state index is 13.3. The number of nitrogens with zero attached hydrogens (tertiary/aromatic N) is 3. The Kier molecular flexibility index (Phi) is 8.36. The zero-order valence-electron chi connectivity index (χ0n) is 21.6. The van der Waals surface area contributed by atoms with Gasteiger partial charge in [-0.15, -0.1) is 5.10 Å². The number of esters is 1. The Morgan fingerprint density at radius 3 is 2.61 bits per heavy atom. The highest BCUT2D eigenvalue weighted by molar-refractivity contribution is 7.99. The minimum Gasteiger partial charge on any atom is -0.489 e. The number of hydrogen-bond acceptors (Lipinski definition) is 7. The smallest absolute Gasteiger partial charge is 0.338 e. The fourth-order valence-corrected chi connectivity index (χ4v) is 4.93. The summed E-state index contributed by atoms with van der Waals surface area (Å²) < 4.78 is 13.7. The largest absolute Gasteiger partial charge is 0.489 e. The van der Waals surface area contributed by atoms with Gasteiger partial charge < -0.3 is 14.8 Å². The summed E-state index contributed by atoms with van der Waals surface area (Å²) in [5.41, 5.74) is 4.30. The Balaban J connectivity index is 1.73. The van der Waals surface area contributed by atoms with Crippen molar-refractivity contribution in [1.82, 2.24) is 14.8 Å². The Morgan fingerprint density at radius 1 is 1.14 bits per heavy atom. The molecule has 2 aromatic carbocycles. The number of benzene rings is 2. The van der Waals surface area contributed by atoms with Gasteiger partial charge in [-0.25, -0.2) is 9.48 Å². The first-order valence-electron chi connectivity index (χ1n) is 12.4. The average molecular weight is 507 g/mol. The molecule has 1 atom stereocenters. The summed E-state index contributed by atoms with van der Waals surface area (Å²) in [5, 5.41) is 8.76. The lowest BCUT2D eigenvalue weighted by Crippen LogP contribution is -2.31. The van der Waals surface area contributed by atoms with E-state index in [-0.39, 0.29) is 12.1 Å². The van der Waals surface area contributed by atoms with Crippen LogP contribution in [0.2, 0.25) is 0 Å². The maximum atomic E-state index is 13.3. The van der Waals surface area contributed by atoms with Crippen LogP contribution in [0.1, 0.15) is 63.3 Å². The third-order valence-corrected chi connectivity index (χ3v) is 6.78. The van der Waals surface area contributed by atoms with Crippen LogP contribution in [0.4, 0.5) is 5.95 Å². The van der Waals surface area contributed by atoms with Crippen molar-refractivity contribution in [1.29, 1.82) is 0 Å². The molecule has 1 aromatic heterocycles. The van der Waals surface area contributed by atoms with Crippen molar-refractivity contribution in [3.05, 3.63) is 76.5 Å². The van der Waals surface area contributed by atoms with Crippen LogP contribution in [0.15, 0.2) is 65.0 Å². The molecule has 0 radical (unpaired) electrons. The van der Waals surface area contributed by atoms with Crippen LogP contribution >= 0.6 is 11.8 Å². The Hall–Kier alpha value is -3.26. The standard InChI is InChI=1S/C28H34N4O3S/c1-6-7-16-36-28-30-27-29-20(5)24(26(33)35-18(2)3)25(32(27)31-28)22-10-8-9-11-23(22)34-17-21-14-12-19(4)13-15-21/h8-15,18,25H,6-7,16-17H2,1-5H3,(H,29,30,31). The molecule has 36 heavy (non-hydrogen) atoms. The van der Waals surface area contributed by atoms with Gasteiger partial charge in [-0.1, -0.05) is 73.1 Å². The van der Waals surface area contributed by atoms with E-state index in [4.69, 9.17) is 19.6 Å². The van der Waals surface area contributed by atoms with Crippen LogP contribution in [-0.4, -0.2) is 32.6 Å². The van der Waals surface area contributed by atoms with Gasteiger partial charge in [-0.2, -0.15) is 4.98 Å². The van der Waals surface area contributed by atoms with E-state index in [1.807, 2.05) is 45.0 Å². The normalized spacial score (nSPS) is 15.0. The molecule has 0 bridgehead atoms. The average Bonchev–Trinajstić information content (AvgIpc) is 3.25. The highest BCUT2D eigenvalue weighted by Gasteiger charge is 2.37. The number of aromatic nitrogens is 3. The molecule has 0 saturated carbocycles. The van der Waals surface area contributed by atoms with Gasteiger partial charge in [0, 0.05) is 17.0 Å². The lowest BCUT2D eigenvalue weighted by molar-refractivity contribution is -0.143. The van der Waals surface area contributed by atoms with E-state index in [9.17, 15) is 4.79 Å². The SMILES string of the molecule is CCCCSc1nc2n(n1)C(c1ccccc1OCc1ccc(C)cc1)C(C(=O)OC(C)C)=C(C)N2. The molecular weight excluding hydrogens is 472 g/mol. The van der Waals surface area contributed by atoms with Gasteiger partial charge >= 0.3 is 5.97 Å². The minimum atomic E-state index is -0.533. The number of hydrogen-bond donors (Lipinski definition) is 1. The fraction of sp³-hybridized carbons (Fsp3) is 0.393. The van der Waals surface area contributed by atoms with Gasteiger partial charge in [0.2, 0.25) is 11.1 Å². The molecule has 190 valence electrons. The third-order valence-electron chi connectivity index (χ3n) is 5.85. The first kappa shape index (κ1) is 25.8. The van der Waals surface area contributed by atoms with Gasteiger partial charge in [0.1, 0.15) is 18.4 Å². The number of para-hydroxylation sites is 1. The molecule has 4 rings (SSSR count). The fourth-order valence-electron chi connectivity index (χ4n) is 4.01. The molecule has 7 nitrogen and oxygen atoms in total. The maximum Gasteiger partial charge on any atom is 0.338 e. The summed E-state index contributed by atoms with van der Waals surface area (Å²) in [7, 11) is 0. The Labute approximate surface area is 217 Å². The molecule has 0 saturated heterocycles. The zero-order chi connectivity index (χ0) is 25.7. The number of fused-ring (bicyclic) bond motifs is 1. The monoisotopic (exact) mass is 506 g/mol. The minimum absolute atomic E-state index is 0.246. The van der Waals surface area contributed by atoms with Crippen LogP contribution in [0.25, 0.3) is 0 Å². The van der Waals surface area contributed by atoms with Crippen molar-refractivity contribution < 1.29 is 14.3 Å². The lowest BCUT2D eigenvalue weighted by Gasteiger charge is -2.29. The number of anilines is 1. The van der Waals surface area contributed by atoms with Crippen molar-refractivity contribution in [2.24, 2.45) is 0 Å². The number of unbranched alkanes of at least 4 members (excludes halogenated alkanes) is 1. The third kappa shape index (κ3) is 5.93. The molecule has 1 N–H and O–H groups in total. The molecule has 0 fully saturated rings. The molecule has 0 aliphatic carbocycles. The van der Waals surface area contributed by atoms with E-state index in [0.29, 0.717) is 34.7 Å². The summed E-state index contributed by atoms with van der Waals surface area (Å²) in [4.78, 5) is 18.0.